The van der Waals surface area contributed by atoms with Crippen LogP contribution in [0, 0.1) is 5.92 Å². The molecule has 0 spiro atoms. The largest absolute Gasteiger partial charge is 0.395 e. The van der Waals surface area contributed by atoms with Gasteiger partial charge in [-0.25, -0.2) is 0 Å². The Labute approximate surface area is 50.7 Å². The van der Waals surface area contributed by atoms with E-state index in [1.54, 1.807) is 0 Å². The number of hydrogen-bond donors (Lipinski definition) is 2. The summed E-state index contributed by atoms with van der Waals surface area (Å²) in [5.74, 6) is 0.595. The van der Waals surface area contributed by atoms with Crippen molar-refractivity contribution in [1.82, 2.24) is 0 Å². The zero-order valence-electron chi connectivity index (χ0n) is 5.59. The molecule has 0 aromatic rings. The van der Waals surface area contributed by atoms with E-state index in [0.29, 0.717) is 5.92 Å². The molecule has 0 aliphatic carbocycles. The number of hydrogen-bond acceptors (Lipinski definition) is 2. The van der Waals surface area contributed by atoms with Gasteiger partial charge in [0.05, 0.1) is 6.61 Å². The molecule has 0 saturated heterocycles. The first kappa shape index (κ1) is 7.92. The smallest absolute Gasteiger partial charge is 0.0582 e. The fraction of sp³-hybridized carbons (Fsp3) is 1.00. The summed E-state index contributed by atoms with van der Waals surface area (Å²) in [7, 11) is 0. The summed E-state index contributed by atoms with van der Waals surface area (Å²) in [6.45, 7) is 4.29. The summed E-state index contributed by atoms with van der Waals surface area (Å²) in [6.07, 6.45) is 0.913. The Bertz CT molecular complexity index is 54.5. The highest BCUT2D eigenvalue weighted by molar-refractivity contribution is 4.60. The highest BCUT2D eigenvalue weighted by Gasteiger charge is 2.01. The standard InChI is InChI=1S/C6H15NO/c1-5(2)3-6(7)4-8/h5-6,8H,3-4,7H2,1-2H3/t6-/m1/s1/i4+2. The van der Waals surface area contributed by atoms with Crippen molar-refractivity contribution in [3.05, 3.63) is 0 Å². The van der Waals surface area contributed by atoms with Crippen LogP contribution in [0.4, 0.5) is 0 Å². The lowest BCUT2D eigenvalue weighted by Gasteiger charge is -2.09. The lowest BCUT2D eigenvalue weighted by atomic mass is 10.1. The molecule has 0 rings (SSSR count). The summed E-state index contributed by atoms with van der Waals surface area (Å²) >= 11 is 0. The minimum absolute atomic E-state index is 0.0185. The molecule has 0 aliphatic rings. The third-order valence-corrected chi connectivity index (χ3v) is 1.01. The van der Waals surface area contributed by atoms with E-state index < -0.39 is 0 Å². The first-order valence-electron chi connectivity index (χ1n) is 3.03. The number of aliphatic hydroxyl groups is 1. The minimum Gasteiger partial charge on any atom is -0.395 e. The van der Waals surface area contributed by atoms with Gasteiger partial charge in [-0.3, -0.25) is 0 Å². The predicted octanol–water partition coefficient (Wildman–Crippen LogP) is 0.352. The van der Waals surface area contributed by atoms with Gasteiger partial charge in [0.25, 0.3) is 0 Å². The molecule has 2 heteroatoms. The summed E-state index contributed by atoms with van der Waals surface area (Å²) in [5, 5.41) is 8.46. The van der Waals surface area contributed by atoms with Crippen LogP contribution in [0.2, 0.25) is 0 Å². The molecule has 0 bridgehead atoms. The SMILES string of the molecule is CC(C)C[C@@H](N)[14CH2]O. The van der Waals surface area contributed by atoms with Crippen molar-refractivity contribution < 1.29 is 5.11 Å². The van der Waals surface area contributed by atoms with Gasteiger partial charge in [-0.2, -0.15) is 0 Å². The first-order valence-corrected chi connectivity index (χ1v) is 3.03. The number of rotatable bonds is 3. The molecule has 1 atom stereocenters. The quantitative estimate of drug-likeness (QED) is 0.563. The van der Waals surface area contributed by atoms with Crippen molar-refractivity contribution in [2.45, 2.75) is 26.3 Å². The molecule has 3 N–H and O–H groups in total. The van der Waals surface area contributed by atoms with Gasteiger partial charge < -0.3 is 10.8 Å². The van der Waals surface area contributed by atoms with Crippen molar-refractivity contribution in [1.29, 1.82) is 0 Å². The van der Waals surface area contributed by atoms with Crippen molar-refractivity contribution in [3.8, 4) is 0 Å². The molecular weight excluding hydrogens is 104 g/mol. The van der Waals surface area contributed by atoms with E-state index in [-0.39, 0.29) is 12.6 Å². The van der Waals surface area contributed by atoms with Crippen LogP contribution in [0.15, 0.2) is 0 Å². The van der Waals surface area contributed by atoms with Crippen LogP contribution >= 0.6 is 0 Å². The molecule has 0 aromatic carbocycles. The fourth-order valence-corrected chi connectivity index (χ4v) is 0.680. The van der Waals surface area contributed by atoms with Crippen LogP contribution < -0.4 is 5.73 Å². The molecule has 0 fully saturated rings. The van der Waals surface area contributed by atoms with Gasteiger partial charge >= 0.3 is 0 Å². The highest BCUT2D eigenvalue weighted by atomic mass is 16.5. The van der Waals surface area contributed by atoms with Gasteiger partial charge in [-0.15, -0.1) is 0 Å². The zero-order chi connectivity index (χ0) is 6.57. The van der Waals surface area contributed by atoms with Crippen molar-refractivity contribution >= 4 is 0 Å². The predicted molar refractivity (Wildman–Crippen MR) is 34.5 cm³/mol. The Kier molecular flexibility index (Phi) is 3.83. The number of nitrogens with two attached hydrogens (primary N) is 1. The second kappa shape index (κ2) is 3.87. The summed E-state index contributed by atoms with van der Waals surface area (Å²) in [4.78, 5) is 0. The average molecular weight is 119 g/mol. The monoisotopic (exact) mass is 119 g/mol. The van der Waals surface area contributed by atoms with E-state index in [0.717, 1.165) is 6.42 Å². The van der Waals surface area contributed by atoms with E-state index in [9.17, 15) is 0 Å². The second-order valence-corrected chi connectivity index (χ2v) is 2.57. The molecule has 0 amide bonds. The van der Waals surface area contributed by atoms with E-state index in [1.807, 2.05) is 0 Å². The van der Waals surface area contributed by atoms with Gasteiger partial charge in [0, 0.05) is 6.04 Å². The number of aliphatic hydroxyl groups excluding tert-OH is 1. The molecule has 0 unspecified atom stereocenters. The zero-order valence-corrected chi connectivity index (χ0v) is 5.59. The van der Waals surface area contributed by atoms with Crippen LogP contribution in [0.1, 0.15) is 20.3 Å². The van der Waals surface area contributed by atoms with Crippen molar-refractivity contribution in [2.24, 2.45) is 11.7 Å². The minimum atomic E-state index is -0.0185. The molecule has 0 aromatic heterocycles. The summed E-state index contributed by atoms with van der Waals surface area (Å²) in [5.41, 5.74) is 5.42. The van der Waals surface area contributed by atoms with Gasteiger partial charge in [-0.1, -0.05) is 13.8 Å². The fourth-order valence-electron chi connectivity index (χ4n) is 0.680. The Morgan fingerprint density at radius 1 is 1.62 bits per heavy atom. The van der Waals surface area contributed by atoms with E-state index in [2.05, 4.69) is 13.8 Å². The van der Waals surface area contributed by atoms with Crippen LogP contribution in [-0.2, 0) is 0 Å². The maximum Gasteiger partial charge on any atom is 0.0582 e. The topological polar surface area (TPSA) is 46.2 Å². The third kappa shape index (κ3) is 4.09. The van der Waals surface area contributed by atoms with Gasteiger partial charge in [-0.05, 0) is 12.3 Å². The molecule has 0 radical (unpaired) electrons. The normalized spacial score (nSPS) is 14.6. The summed E-state index contributed by atoms with van der Waals surface area (Å²) < 4.78 is 0. The Morgan fingerprint density at radius 3 is 2.25 bits per heavy atom. The van der Waals surface area contributed by atoms with Gasteiger partial charge in [0.2, 0.25) is 0 Å². The maximum absolute atomic E-state index is 8.46. The van der Waals surface area contributed by atoms with Crippen LogP contribution in [0.3, 0.4) is 0 Å². The van der Waals surface area contributed by atoms with Gasteiger partial charge in [0.1, 0.15) is 0 Å². The van der Waals surface area contributed by atoms with E-state index in [1.165, 1.54) is 0 Å². The van der Waals surface area contributed by atoms with Crippen LogP contribution in [0.5, 0.6) is 0 Å². The summed E-state index contributed by atoms with van der Waals surface area (Å²) in [6, 6.07) is -0.0185. The Morgan fingerprint density at radius 2 is 2.12 bits per heavy atom. The maximum atomic E-state index is 8.46. The Balaban J connectivity index is 3.10. The molecule has 8 heavy (non-hydrogen) atoms. The van der Waals surface area contributed by atoms with Crippen molar-refractivity contribution in [3.63, 3.8) is 0 Å². The molecule has 2 nitrogen and oxygen atoms in total. The lowest BCUT2D eigenvalue weighted by molar-refractivity contribution is 0.250. The van der Waals surface area contributed by atoms with Crippen LogP contribution in [-0.4, -0.2) is 17.8 Å². The average Bonchev–Trinajstić information content (AvgIpc) is 1.65. The molecular formula is C6H15NO. The van der Waals surface area contributed by atoms with Gasteiger partial charge in [0.15, 0.2) is 0 Å². The molecule has 50 valence electrons. The van der Waals surface area contributed by atoms with E-state index in [4.69, 9.17) is 10.8 Å². The molecule has 0 aliphatic heterocycles. The van der Waals surface area contributed by atoms with E-state index >= 15 is 0 Å². The molecule has 0 heterocycles. The highest BCUT2D eigenvalue weighted by Crippen LogP contribution is 2.00. The third-order valence-electron chi connectivity index (χ3n) is 1.01. The lowest BCUT2D eigenvalue weighted by Crippen LogP contribution is -2.25. The molecule has 0 saturated carbocycles. The van der Waals surface area contributed by atoms with Crippen molar-refractivity contribution in [2.75, 3.05) is 6.61 Å². The van der Waals surface area contributed by atoms with Crippen LogP contribution in [0.25, 0.3) is 0 Å². The second-order valence-electron chi connectivity index (χ2n) is 2.57. The Hall–Kier alpha value is -0.0800. The first-order chi connectivity index (χ1) is 3.66.